The van der Waals surface area contributed by atoms with Gasteiger partial charge in [0.15, 0.2) is 5.82 Å². The normalized spacial score (nSPS) is 13.9. The molecule has 0 saturated carbocycles. The molecule has 0 radical (unpaired) electrons. The molecule has 3 N–H and O–H groups in total. The van der Waals surface area contributed by atoms with Crippen LogP contribution in [0.2, 0.25) is 0 Å². The standard InChI is InChI=1S/C21H24N6OS/c1-15-23-20(26-25-15)17-3-2-4-18(13-17)24-21(28)22-14-16-5-7-19(8-6-16)27-9-11-29-12-10-27/h2-8,13H,9-12,14H2,1H3,(H2,22,24,28)(H,23,25,26). The molecule has 1 saturated heterocycles. The fourth-order valence-electron chi connectivity index (χ4n) is 3.21. The quantitative estimate of drug-likeness (QED) is 0.600. The van der Waals surface area contributed by atoms with Crippen molar-refractivity contribution >= 4 is 29.2 Å². The molecule has 2 amide bonds. The maximum absolute atomic E-state index is 12.3. The summed E-state index contributed by atoms with van der Waals surface area (Å²) in [5.74, 6) is 3.72. The number of hydrogen-bond acceptors (Lipinski definition) is 5. The van der Waals surface area contributed by atoms with Gasteiger partial charge in [-0.3, -0.25) is 5.10 Å². The number of nitrogens with zero attached hydrogens (tertiary/aromatic N) is 3. The van der Waals surface area contributed by atoms with E-state index in [9.17, 15) is 4.79 Å². The first kappa shape index (κ1) is 19.3. The third-order valence-electron chi connectivity index (χ3n) is 4.74. The summed E-state index contributed by atoms with van der Waals surface area (Å²) < 4.78 is 0. The van der Waals surface area contributed by atoms with E-state index < -0.39 is 0 Å². The Morgan fingerprint density at radius 2 is 1.97 bits per heavy atom. The fourth-order valence-corrected chi connectivity index (χ4v) is 4.11. The molecule has 4 rings (SSSR count). The van der Waals surface area contributed by atoms with Crippen LogP contribution < -0.4 is 15.5 Å². The number of nitrogens with one attached hydrogen (secondary N) is 3. The van der Waals surface area contributed by atoms with Crippen LogP contribution in [0.4, 0.5) is 16.2 Å². The van der Waals surface area contributed by atoms with Crippen molar-refractivity contribution in [3.05, 3.63) is 59.9 Å². The number of H-pyrrole nitrogens is 1. The lowest BCUT2D eigenvalue weighted by molar-refractivity contribution is 0.251. The first-order valence-electron chi connectivity index (χ1n) is 9.63. The van der Waals surface area contributed by atoms with Crippen molar-refractivity contribution in [2.45, 2.75) is 13.5 Å². The molecule has 150 valence electrons. The summed E-state index contributed by atoms with van der Waals surface area (Å²) in [6, 6.07) is 15.6. The van der Waals surface area contributed by atoms with Crippen LogP contribution in [0.1, 0.15) is 11.4 Å². The number of urea groups is 1. The number of carbonyl (C=O) groups excluding carboxylic acids is 1. The number of carbonyl (C=O) groups is 1. The summed E-state index contributed by atoms with van der Waals surface area (Å²) in [5, 5.41) is 12.8. The van der Waals surface area contributed by atoms with E-state index in [0.717, 1.165) is 30.0 Å². The van der Waals surface area contributed by atoms with E-state index in [1.165, 1.54) is 17.2 Å². The maximum atomic E-state index is 12.3. The van der Waals surface area contributed by atoms with Crippen molar-refractivity contribution < 1.29 is 4.79 Å². The van der Waals surface area contributed by atoms with Crippen molar-refractivity contribution in [2.75, 3.05) is 34.8 Å². The van der Waals surface area contributed by atoms with Crippen LogP contribution in [-0.4, -0.2) is 45.8 Å². The van der Waals surface area contributed by atoms with Gasteiger partial charge in [0.05, 0.1) is 0 Å². The third kappa shape index (κ3) is 5.08. The van der Waals surface area contributed by atoms with Gasteiger partial charge in [-0.15, -0.1) is 0 Å². The Kier molecular flexibility index (Phi) is 6.00. The number of aromatic nitrogens is 3. The SMILES string of the molecule is Cc1nc(-c2cccc(NC(=O)NCc3ccc(N4CCSCC4)cc3)c2)n[nH]1. The molecule has 1 fully saturated rings. The zero-order chi connectivity index (χ0) is 20.1. The Balaban J connectivity index is 1.31. The molecule has 2 heterocycles. The molecule has 29 heavy (non-hydrogen) atoms. The molecular formula is C21H24N6OS. The first-order chi connectivity index (χ1) is 14.2. The largest absolute Gasteiger partial charge is 0.370 e. The minimum Gasteiger partial charge on any atom is -0.370 e. The number of rotatable bonds is 5. The lowest BCUT2D eigenvalue weighted by Gasteiger charge is -2.28. The van der Waals surface area contributed by atoms with E-state index in [4.69, 9.17) is 0 Å². The molecule has 3 aromatic rings. The lowest BCUT2D eigenvalue weighted by Crippen LogP contribution is -2.32. The van der Waals surface area contributed by atoms with Gasteiger partial charge in [0.2, 0.25) is 0 Å². The zero-order valence-electron chi connectivity index (χ0n) is 16.3. The Labute approximate surface area is 174 Å². The summed E-state index contributed by atoms with van der Waals surface area (Å²) in [4.78, 5) is 19.0. The second-order valence-electron chi connectivity index (χ2n) is 6.90. The molecule has 0 atom stereocenters. The molecule has 0 aliphatic carbocycles. The Morgan fingerprint density at radius 1 is 1.17 bits per heavy atom. The second kappa shape index (κ2) is 9.00. The van der Waals surface area contributed by atoms with Crippen LogP contribution in [-0.2, 0) is 6.54 Å². The van der Waals surface area contributed by atoms with Crippen LogP contribution >= 0.6 is 11.8 Å². The number of thioether (sulfide) groups is 1. The number of hydrogen-bond donors (Lipinski definition) is 3. The van der Waals surface area contributed by atoms with Crippen molar-refractivity contribution in [3.8, 4) is 11.4 Å². The van der Waals surface area contributed by atoms with Gasteiger partial charge in [-0.1, -0.05) is 24.3 Å². The van der Waals surface area contributed by atoms with Gasteiger partial charge in [0.1, 0.15) is 5.82 Å². The summed E-state index contributed by atoms with van der Waals surface area (Å²) in [5.41, 5.74) is 3.86. The monoisotopic (exact) mass is 408 g/mol. The fraction of sp³-hybridized carbons (Fsp3) is 0.286. The summed E-state index contributed by atoms with van der Waals surface area (Å²) in [6.45, 7) is 4.51. The summed E-state index contributed by atoms with van der Waals surface area (Å²) in [6.07, 6.45) is 0. The lowest BCUT2D eigenvalue weighted by atomic mass is 10.2. The highest BCUT2D eigenvalue weighted by molar-refractivity contribution is 7.99. The van der Waals surface area contributed by atoms with Gasteiger partial charge >= 0.3 is 6.03 Å². The Morgan fingerprint density at radius 3 is 2.69 bits per heavy atom. The average Bonchev–Trinajstić information content (AvgIpc) is 3.20. The summed E-state index contributed by atoms with van der Waals surface area (Å²) >= 11 is 2.00. The number of anilines is 2. The Hall–Kier alpha value is -3.00. The number of aryl methyl sites for hydroxylation is 1. The van der Waals surface area contributed by atoms with Crippen LogP contribution in [0.3, 0.4) is 0 Å². The Bertz CT molecular complexity index is 965. The molecule has 1 aliphatic rings. The molecule has 0 unspecified atom stereocenters. The van der Waals surface area contributed by atoms with Crippen LogP contribution in [0.15, 0.2) is 48.5 Å². The molecule has 0 bridgehead atoms. The zero-order valence-corrected chi connectivity index (χ0v) is 17.1. The molecule has 1 aliphatic heterocycles. The molecule has 0 spiro atoms. The van der Waals surface area contributed by atoms with Crippen molar-refractivity contribution in [2.24, 2.45) is 0 Å². The minimum atomic E-state index is -0.245. The average molecular weight is 409 g/mol. The first-order valence-corrected chi connectivity index (χ1v) is 10.8. The third-order valence-corrected chi connectivity index (χ3v) is 5.68. The molecule has 2 aromatic carbocycles. The van der Waals surface area contributed by atoms with Gasteiger partial charge in [-0.25, -0.2) is 9.78 Å². The van der Waals surface area contributed by atoms with Crippen LogP contribution in [0, 0.1) is 6.92 Å². The highest BCUT2D eigenvalue weighted by Crippen LogP contribution is 2.21. The predicted molar refractivity (Wildman–Crippen MR) is 118 cm³/mol. The van der Waals surface area contributed by atoms with E-state index in [2.05, 4.69) is 55.0 Å². The number of aromatic amines is 1. The predicted octanol–water partition coefficient (Wildman–Crippen LogP) is 3.66. The van der Waals surface area contributed by atoms with E-state index >= 15 is 0 Å². The molecule has 7 nitrogen and oxygen atoms in total. The van der Waals surface area contributed by atoms with E-state index in [1.807, 2.05) is 43.0 Å². The topological polar surface area (TPSA) is 85.9 Å². The van der Waals surface area contributed by atoms with Crippen molar-refractivity contribution in [1.82, 2.24) is 20.5 Å². The molecule has 8 heteroatoms. The van der Waals surface area contributed by atoms with Crippen LogP contribution in [0.25, 0.3) is 11.4 Å². The van der Waals surface area contributed by atoms with E-state index in [1.54, 1.807) is 0 Å². The smallest absolute Gasteiger partial charge is 0.319 e. The minimum absolute atomic E-state index is 0.245. The highest BCUT2D eigenvalue weighted by Gasteiger charge is 2.11. The van der Waals surface area contributed by atoms with Gasteiger partial charge < -0.3 is 15.5 Å². The number of benzene rings is 2. The van der Waals surface area contributed by atoms with E-state index in [-0.39, 0.29) is 6.03 Å². The molecular weight excluding hydrogens is 384 g/mol. The van der Waals surface area contributed by atoms with Gasteiger partial charge in [-0.2, -0.15) is 16.9 Å². The van der Waals surface area contributed by atoms with Gasteiger partial charge in [0, 0.05) is 48.1 Å². The maximum Gasteiger partial charge on any atom is 0.319 e. The van der Waals surface area contributed by atoms with Crippen molar-refractivity contribution in [1.29, 1.82) is 0 Å². The van der Waals surface area contributed by atoms with Gasteiger partial charge in [-0.05, 0) is 36.8 Å². The van der Waals surface area contributed by atoms with Crippen molar-refractivity contribution in [3.63, 3.8) is 0 Å². The summed E-state index contributed by atoms with van der Waals surface area (Å²) in [7, 11) is 0. The van der Waals surface area contributed by atoms with Crippen LogP contribution in [0.5, 0.6) is 0 Å². The van der Waals surface area contributed by atoms with E-state index in [0.29, 0.717) is 18.1 Å². The second-order valence-corrected chi connectivity index (χ2v) is 8.12. The highest BCUT2D eigenvalue weighted by atomic mass is 32.2. The number of amides is 2. The van der Waals surface area contributed by atoms with Gasteiger partial charge in [0.25, 0.3) is 0 Å². The molecule has 1 aromatic heterocycles.